The van der Waals surface area contributed by atoms with E-state index in [4.69, 9.17) is 6.42 Å². The molecule has 0 bridgehead atoms. The zero-order valence-electron chi connectivity index (χ0n) is 9.42. The highest BCUT2D eigenvalue weighted by Crippen LogP contribution is 2.21. The molecule has 0 atom stereocenters. The third kappa shape index (κ3) is 3.32. The van der Waals surface area contributed by atoms with Crippen molar-refractivity contribution in [2.24, 2.45) is 0 Å². The van der Waals surface area contributed by atoms with Crippen LogP contribution in [0.4, 0.5) is 0 Å². The summed E-state index contributed by atoms with van der Waals surface area (Å²) in [5.41, 5.74) is 0. The Morgan fingerprint density at radius 1 is 1.36 bits per heavy atom. The van der Waals surface area contributed by atoms with Crippen molar-refractivity contribution in [2.45, 2.75) is 44.7 Å². The van der Waals surface area contributed by atoms with E-state index in [0.717, 1.165) is 19.1 Å². The lowest BCUT2D eigenvalue weighted by Gasteiger charge is -2.34. The molecule has 1 rings (SSSR count). The maximum atomic E-state index is 5.31. The molecule has 80 valence electrons. The largest absolute Gasteiger partial charge is 0.314 e. The van der Waals surface area contributed by atoms with Crippen LogP contribution >= 0.6 is 0 Å². The molecule has 0 saturated heterocycles. The molecule has 0 aromatic rings. The van der Waals surface area contributed by atoms with Crippen LogP contribution in [0, 0.1) is 12.3 Å². The van der Waals surface area contributed by atoms with Crippen molar-refractivity contribution >= 4 is 0 Å². The molecule has 0 aromatic heterocycles. The number of hydrogen-bond acceptors (Lipinski definition) is 2. The Morgan fingerprint density at radius 3 is 2.50 bits per heavy atom. The molecule has 0 amide bonds. The van der Waals surface area contributed by atoms with Crippen molar-refractivity contribution in [3.63, 3.8) is 0 Å². The van der Waals surface area contributed by atoms with Gasteiger partial charge in [-0.3, -0.25) is 4.90 Å². The molecule has 0 spiro atoms. The summed E-state index contributed by atoms with van der Waals surface area (Å²) in [6.45, 7) is 4.06. The van der Waals surface area contributed by atoms with E-state index in [-0.39, 0.29) is 0 Å². The second-order valence-electron chi connectivity index (χ2n) is 4.18. The molecular weight excluding hydrogens is 172 g/mol. The number of rotatable bonds is 4. The first-order chi connectivity index (χ1) is 6.77. The van der Waals surface area contributed by atoms with Crippen LogP contribution in [0.5, 0.6) is 0 Å². The van der Waals surface area contributed by atoms with Gasteiger partial charge in [0, 0.05) is 12.1 Å². The van der Waals surface area contributed by atoms with Gasteiger partial charge in [-0.15, -0.1) is 6.42 Å². The van der Waals surface area contributed by atoms with Gasteiger partial charge >= 0.3 is 0 Å². The standard InChI is InChI=1S/C12H22N2/c1-4-10-14(3)12-8-6-11(7-9-12)13-5-2/h1,11-13H,5-10H2,2-3H3. The molecule has 2 nitrogen and oxygen atoms in total. The van der Waals surface area contributed by atoms with E-state index in [1.54, 1.807) is 0 Å². The SMILES string of the molecule is C#CCN(C)C1CCC(NCC)CC1. The summed E-state index contributed by atoms with van der Waals surface area (Å²) in [4.78, 5) is 2.31. The van der Waals surface area contributed by atoms with Crippen LogP contribution in [-0.4, -0.2) is 37.1 Å². The summed E-state index contributed by atoms with van der Waals surface area (Å²) in [5, 5.41) is 3.52. The molecular formula is C12H22N2. The van der Waals surface area contributed by atoms with Gasteiger partial charge < -0.3 is 5.32 Å². The van der Waals surface area contributed by atoms with Crippen LogP contribution in [0.2, 0.25) is 0 Å². The molecule has 2 heteroatoms. The van der Waals surface area contributed by atoms with Crippen LogP contribution < -0.4 is 5.32 Å². The molecule has 14 heavy (non-hydrogen) atoms. The van der Waals surface area contributed by atoms with E-state index in [9.17, 15) is 0 Å². The summed E-state index contributed by atoms with van der Waals surface area (Å²) < 4.78 is 0. The van der Waals surface area contributed by atoms with Gasteiger partial charge in [-0.1, -0.05) is 12.8 Å². The molecule has 1 N–H and O–H groups in total. The van der Waals surface area contributed by atoms with Gasteiger partial charge in [-0.05, 0) is 39.3 Å². The van der Waals surface area contributed by atoms with Crippen LogP contribution in [0.25, 0.3) is 0 Å². The van der Waals surface area contributed by atoms with Crippen LogP contribution in [-0.2, 0) is 0 Å². The molecule has 1 aliphatic carbocycles. The Hall–Kier alpha value is -0.520. The molecule has 1 saturated carbocycles. The van der Waals surface area contributed by atoms with Gasteiger partial charge in [0.05, 0.1) is 6.54 Å². The van der Waals surface area contributed by atoms with Gasteiger partial charge in [-0.2, -0.15) is 0 Å². The minimum absolute atomic E-state index is 0.709. The average molecular weight is 194 g/mol. The summed E-state index contributed by atoms with van der Waals surface area (Å²) in [6, 6.07) is 1.46. The fraction of sp³-hybridized carbons (Fsp3) is 0.833. The van der Waals surface area contributed by atoms with E-state index >= 15 is 0 Å². The van der Waals surface area contributed by atoms with E-state index in [2.05, 4.69) is 30.1 Å². The highest BCUT2D eigenvalue weighted by molar-refractivity contribution is 4.91. The Morgan fingerprint density at radius 2 is 2.00 bits per heavy atom. The third-order valence-corrected chi connectivity index (χ3v) is 3.15. The second-order valence-corrected chi connectivity index (χ2v) is 4.18. The summed E-state index contributed by atoms with van der Waals surface area (Å²) in [7, 11) is 2.14. The van der Waals surface area contributed by atoms with Gasteiger partial charge in [0.25, 0.3) is 0 Å². The molecule has 0 radical (unpaired) electrons. The van der Waals surface area contributed by atoms with Crippen LogP contribution in [0.1, 0.15) is 32.6 Å². The minimum Gasteiger partial charge on any atom is -0.314 e. The zero-order valence-corrected chi connectivity index (χ0v) is 9.42. The first kappa shape index (κ1) is 11.6. The highest BCUT2D eigenvalue weighted by atomic mass is 15.1. The Bertz CT molecular complexity index is 187. The summed E-state index contributed by atoms with van der Waals surface area (Å²) in [5.74, 6) is 2.71. The van der Waals surface area contributed by atoms with Crippen LogP contribution in [0.15, 0.2) is 0 Å². The molecule has 0 heterocycles. The Balaban J connectivity index is 2.25. The fourth-order valence-corrected chi connectivity index (χ4v) is 2.28. The van der Waals surface area contributed by atoms with Gasteiger partial charge in [0.2, 0.25) is 0 Å². The van der Waals surface area contributed by atoms with Gasteiger partial charge in [0.1, 0.15) is 0 Å². The summed E-state index contributed by atoms with van der Waals surface area (Å²) >= 11 is 0. The Labute approximate surface area is 88.1 Å². The predicted octanol–water partition coefficient (Wildman–Crippen LogP) is 1.47. The average Bonchev–Trinajstić information content (AvgIpc) is 2.20. The van der Waals surface area contributed by atoms with Gasteiger partial charge in [0.15, 0.2) is 0 Å². The van der Waals surface area contributed by atoms with Crippen molar-refractivity contribution in [2.75, 3.05) is 20.1 Å². The van der Waals surface area contributed by atoms with E-state index in [1.165, 1.54) is 25.7 Å². The molecule has 1 fully saturated rings. The quantitative estimate of drug-likeness (QED) is 0.682. The molecule has 1 aliphatic rings. The lowest BCUT2D eigenvalue weighted by Crippen LogP contribution is -2.40. The highest BCUT2D eigenvalue weighted by Gasteiger charge is 2.22. The lowest BCUT2D eigenvalue weighted by atomic mass is 9.90. The van der Waals surface area contributed by atoms with E-state index in [1.807, 2.05) is 0 Å². The number of nitrogens with zero attached hydrogens (tertiary/aromatic N) is 1. The lowest BCUT2D eigenvalue weighted by molar-refractivity contribution is 0.191. The second kappa shape index (κ2) is 6.06. The predicted molar refractivity (Wildman–Crippen MR) is 61.2 cm³/mol. The summed E-state index contributed by atoms with van der Waals surface area (Å²) in [6.07, 6.45) is 10.5. The molecule has 0 aromatic carbocycles. The van der Waals surface area contributed by atoms with Gasteiger partial charge in [-0.25, -0.2) is 0 Å². The molecule has 0 aliphatic heterocycles. The normalized spacial score (nSPS) is 27.6. The number of hydrogen-bond donors (Lipinski definition) is 1. The topological polar surface area (TPSA) is 15.3 Å². The van der Waals surface area contributed by atoms with Crippen molar-refractivity contribution in [1.29, 1.82) is 0 Å². The number of terminal acetylenes is 1. The molecule has 0 unspecified atom stereocenters. The first-order valence-electron chi connectivity index (χ1n) is 5.65. The zero-order chi connectivity index (χ0) is 10.4. The number of nitrogens with one attached hydrogen (secondary N) is 1. The van der Waals surface area contributed by atoms with Crippen molar-refractivity contribution < 1.29 is 0 Å². The van der Waals surface area contributed by atoms with E-state index < -0.39 is 0 Å². The Kier molecular flexibility index (Phi) is 5.00. The van der Waals surface area contributed by atoms with E-state index in [0.29, 0.717) is 6.04 Å². The minimum atomic E-state index is 0.709. The van der Waals surface area contributed by atoms with Crippen molar-refractivity contribution in [3.05, 3.63) is 0 Å². The maximum Gasteiger partial charge on any atom is 0.0598 e. The monoisotopic (exact) mass is 194 g/mol. The smallest absolute Gasteiger partial charge is 0.0598 e. The third-order valence-electron chi connectivity index (χ3n) is 3.15. The fourth-order valence-electron chi connectivity index (χ4n) is 2.28. The van der Waals surface area contributed by atoms with Crippen molar-refractivity contribution in [3.8, 4) is 12.3 Å². The first-order valence-corrected chi connectivity index (χ1v) is 5.65. The van der Waals surface area contributed by atoms with Crippen molar-refractivity contribution in [1.82, 2.24) is 10.2 Å². The van der Waals surface area contributed by atoms with Crippen LogP contribution in [0.3, 0.4) is 0 Å². The maximum absolute atomic E-state index is 5.31.